The molecule has 0 radical (unpaired) electrons. The molecule has 2 saturated carbocycles. The van der Waals surface area contributed by atoms with Gasteiger partial charge in [0.05, 0.1) is 23.0 Å². The first-order valence-corrected chi connectivity index (χ1v) is 9.19. The van der Waals surface area contributed by atoms with Gasteiger partial charge in [-0.05, 0) is 37.7 Å². The summed E-state index contributed by atoms with van der Waals surface area (Å²) in [6.45, 7) is 1.53. The van der Waals surface area contributed by atoms with Crippen LogP contribution in [0.5, 0.6) is 0 Å². The van der Waals surface area contributed by atoms with E-state index in [2.05, 4.69) is 26.7 Å². The molecule has 6 nitrogen and oxygen atoms in total. The summed E-state index contributed by atoms with van der Waals surface area (Å²) in [6.07, 6.45) is 8.77. The number of aliphatic hydroxyl groups excluding tert-OH is 1. The zero-order chi connectivity index (χ0) is 16.5. The van der Waals surface area contributed by atoms with Gasteiger partial charge in [0.15, 0.2) is 0 Å². The van der Waals surface area contributed by atoms with Crippen molar-refractivity contribution in [1.29, 1.82) is 0 Å². The fraction of sp³-hybridized carbons (Fsp3) is 0.647. The number of halogens is 1. The SMILES string of the molecule is O[C@@H]1CC(Cn2cc(Cl)cn2)C[C@H]1NCc1cc(C2CCC2)n[nH]1. The largest absolute Gasteiger partial charge is 0.391 e. The van der Waals surface area contributed by atoms with Crippen LogP contribution in [0.25, 0.3) is 0 Å². The fourth-order valence-corrected chi connectivity index (χ4v) is 3.97. The Hall–Kier alpha value is -1.37. The van der Waals surface area contributed by atoms with Crippen molar-refractivity contribution in [3.05, 3.63) is 34.9 Å². The molecule has 2 aromatic rings. The van der Waals surface area contributed by atoms with Gasteiger partial charge in [-0.2, -0.15) is 10.2 Å². The Morgan fingerprint density at radius 2 is 2.25 bits per heavy atom. The van der Waals surface area contributed by atoms with Crippen LogP contribution in [-0.4, -0.2) is 37.2 Å². The van der Waals surface area contributed by atoms with Gasteiger partial charge in [-0.25, -0.2) is 0 Å². The van der Waals surface area contributed by atoms with Crippen molar-refractivity contribution in [3.8, 4) is 0 Å². The first-order valence-electron chi connectivity index (χ1n) is 8.81. The first-order chi connectivity index (χ1) is 11.7. The molecule has 2 heterocycles. The maximum Gasteiger partial charge on any atom is 0.0785 e. The predicted molar refractivity (Wildman–Crippen MR) is 91.8 cm³/mol. The van der Waals surface area contributed by atoms with E-state index in [0.29, 0.717) is 16.9 Å². The monoisotopic (exact) mass is 349 g/mol. The molecule has 2 aliphatic rings. The van der Waals surface area contributed by atoms with Gasteiger partial charge in [-0.1, -0.05) is 18.0 Å². The van der Waals surface area contributed by atoms with Gasteiger partial charge >= 0.3 is 0 Å². The van der Waals surface area contributed by atoms with Crippen LogP contribution in [0.4, 0.5) is 0 Å². The first kappa shape index (κ1) is 16.1. The van der Waals surface area contributed by atoms with E-state index in [1.165, 1.54) is 25.0 Å². The number of aromatic nitrogens is 4. The third-order valence-electron chi connectivity index (χ3n) is 5.40. The smallest absolute Gasteiger partial charge is 0.0785 e. The van der Waals surface area contributed by atoms with Gasteiger partial charge in [0.2, 0.25) is 0 Å². The molecule has 0 bridgehead atoms. The lowest BCUT2D eigenvalue weighted by Crippen LogP contribution is -2.35. The second-order valence-corrected chi connectivity index (χ2v) is 7.66. The molecule has 1 unspecified atom stereocenters. The van der Waals surface area contributed by atoms with Crippen LogP contribution >= 0.6 is 11.6 Å². The number of hydrogen-bond donors (Lipinski definition) is 3. The van der Waals surface area contributed by atoms with Gasteiger partial charge in [-0.15, -0.1) is 0 Å². The van der Waals surface area contributed by atoms with Gasteiger partial charge < -0.3 is 10.4 Å². The number of aromatic amines is 1. The third kappa shape index (κ3) is 3.50. The zero-order valence-electron chi connectivity index (χ0n) is 13.7. The van der Waals surface area contributed by atoms with Crippen LogP contribution in [-0.2, 0) is 13.1 Å². The summed E-state index contributed by atoms with van der Waals surface area (Å²) in [5, 5.41) is 26.2. The molecule has 3 atom stereocenters. The average molecular weight is 350 g/mol. The van der Waals surface area contributed by atoms with E-state index >= 15 is 0 Å². The minimum absolute atomic E-state index is 0.122. The van der Waals surface area contributed by atoms with Crippen LogP contribution in [0.3, 0.4) is 0 Å². The molecule has 0 aliphatic heterocycles. The number of rotatable bonds is 6. The van der Waals surface area contributed by atoms with Gasteiger partial charge in [0.1, 0.15) is 0 Å². The predicted octanol–water partition coefficient (Wildman–Crippen LogP) is 2.46. The van der Waals surface area contributed by atoms with Crippen molar-refractivity contribution in [2.75, 3.05) is 0 Å². The van der Waals surface area contributed by atoms with Crippen molar-refractivity contribution in [1.82, 2.24) is 25.3 Å². The number of nitrogens with zero attached hydrogens (tertiary/aromatic N) is 3. The van der Waals surface area contributed by atoms with Crippen LogP contribution in [0.15, 0.2) is 18.5 Å². The molecule has 24 heavy (non-hydrogen) atoms. The highest BCUT2D eigenvalue weighted by atomic mass is 35.5. The molecule has 2 fully saturated rings. The molecule has 0 spiro atoms. The average Bonchev–Trinajstić information content (AvgIpc) is 3.18. The summed E-state index contributed by atoms with van der Waals surface area (Å²) < 4.78 is 1.86. The molecule has 0 aromatic carbocycles. The second-order valence-electron chi connectivity index (χ2n) is 7.22. The highest BCUT2D eigenvalue weighted by Crippen LogP contribution is 2.35. The van der Waals surface area contributed by atoms with Crippen molar-refractivity contribution < 1.29 is 5.11 Å². The lowest BCUT2D eigenvalue weighted by Gasteiger charge is -2.22. The molecule has 4 rings (SSSR count). The summed E-state index contributed by atoms with van der Waals surface area (Å²) in [7, 11) is 0. The Bertz CT molecular complexity index is 680. The molecule has 0 saturated heterocycles. The van der Waals surface area contributed by atoms with E-state index in [0.717, 1.165) is 31.6 Å². The summed E-state index contributed by atoms with van der Waals surface area (Å²) in [5.41, 5.74) is 2.30. The minimum Gasteiger partial charge on any atom is -0.391 e. The van der Waals surface area contributed by atoms with Crippen LogP contribution in [0.2, 0.25) is 5.02 Å². The quantitative estimate of drug-likeness (QED) is 0.748. The van der Waals surface area contributed by atoms with Crippen molar-refractivity contribution in [2.45, 2.75) is 63.3 Å². The molecular weight excluding hydrogens is 326 g/mol. The topological polar surface area (TPSA) is 78.8 Å². The number of nitrogens with one attached hydrogen (secondary N) is 2. The molecule has 2 aliphatic carbocycles. The maximum atomic E-state index is 10.3. The van der Waals surface area contributed by atoms with Crippen LogP contribution in [0, 0.1) is 5.92 Å². The van der Waals surface area contributed by atoms with E-state index < -0.39 is 0 Å². The van der Waals surface area contributed by atoms with Crippen LogP contribution in [0.1, 0.15) is 49.4 Å². The summed E-state index contributed by atoms with van der Waals surface area (Å²) in [5.74, 6) is 1.07. The Balaban J connectivity index is 1.27. The highest BCUT2D eigenvalue weighted by molar-refractivity contribution is 6.30. The van der Waals surface area contributed by atoms with Gasteiger partial charge in [-0.3, -0.25) is 9.78 Å². The fourth-order valence-electron chi connectivity index (χ4n) is 3.81. The molecule has 130 valence electrons. The van der Waals surface area contributed by atoms with E-state index in [-0.39, 0.29) is 12.1 Å². The van der Waals surface area contributed by atoms with Crippen molar-refractivity contribution in [2.24, 2.45) is 5.92 Å². The molecule has 2 aromatic heterocycles. The Labute approximate surface area is 146 Å². The minimum atomic E-state index is -0.310. The van der Waals surface area contributed by atoms with Gasteiger partial charge in [0.25, 0.3) is 0 Å². The number of hydrogen-bond acceptors (Lipinski definition) is 4. The normalized spacial score (nSPS) is 27.5. The second kappa shape index (κ2) is 6.86. The molecule has 3 N–H and O–H groups in total. The molecular formula is C17H24ClN5O. The Morgan fingerprint density at radius 3 is 2.96 bits per heavy atom. The molecule has 7 heteroatoms. The summed E-state index contributed by atoms with van der Waals surface area (Å²) in [4.78, 5) is 0. The van der Waals surface area contributed by atoms with Crippen molar-refractivity contribution in [3.63, 3.8) is 0 Å². The number of aliphatic hydroxyl groups is 1. The van der Waals surface area contributed by atoms with E-state index in [1.54, 1.807) is 6.20 Å². The van der Waals surface area contributed by atoms with E-state index in [9.17, 15) is 5.11 Å². The lowest BCUT2D eigenvalue weighted by atomic mass is 9.83. The zero-order valence-corrected chi connectivity index (χ0v) is 14.4. The third-order valence-corrected chi connectivity index (χ3v) is 5.60. The standard InChI is InChI=1S/C17H24ClN5O/c18-13-7-20-23(10-13)9-11-4-16(17(24)5-11)19-8-14-6-15(22-21-14)12-2-1-3-12/h6-7,10-12,16-17,19,24H,1-5,8-9H2,(H,21,22)/t11?,16-,17-/m1/s1. The van der Waals surface area contributed by atoms with Crippen LogP contribution < -0.4 is 5.32 Å². The summed E-state index contributed by atoms with van der Waals surface area (Å²) >= 11 is 5.91. The number of H-pyrrole nitrogens is 1. The Kier molecular flexibility index (Phi) is 4.61. The lowest BCUT2D eigenvalue weighted by molar-refractivity contribution is 0.145. The summed E-state index contributed by atoms with van der Waals surface area (Å²) in [6, 6.07) is 2.29. The van der Waals surface area contributed by atoms with Gasteiger partial charge in [0, 0.05) is 36.9 Å². The van der Waals surface area contributed by atoms with E-state index in [4.69, 9.17) is 11.6 Å². The Morgan fingerprint density at radius 1 is 1.38 bits per heavy atom. The highest BCUT2D eigenvalue weighted by Gasteiger charge is 2.33. The van der Waals surface area contributed by atoms with E-state index in [1.807, 2.05) is 10.9 Å². The van der Waals surface area contributed by atoms with Crippen molar-refractivity contribution >= 4 is 11.6 Å². The molecule has 0 amide bonds. The maximum absolute atomic E-state index is 10.3.